The molecule has 0 atom stereocenters. The monoisotopic (exact) mass is 438 g/mol. The number of carbonyl (C=O) groups is 1. The molecule has 1 aliphatic rings. The van der Waals surface area contributed by atoms with Gasteiger partial charge in [0.2, 0.25) is 0 Å². The first-order valence-corrected chi connectivity index (χ1v) is 11.1. The van der Waals surface area contributed by atoms with Gasteiger partial charge in [-0.25, -0.2) is 9.67 Å². The molecule has 0 spiro atoms. The molecule has 0 saturated heterocycles. The number of rotatable bonds is 3. The van der Waals surface area contributed by atoms with Gasteiger partial charge >= 0.3 is 0 Å². The minimum Gasteiger partial charge on any atom is -0.294 e. The van der Waals surface area contributed by atoms with E-state index in [2.05, 4.69) is 30.0 Å². The maximum atomic E-state index is 14.0. The Bertz CT molecular complexity index is 1440. The minimum absolute atomic E-state index is 0.0461. The molecule has 0 aliphatic heterocycles. The van der Waals surface area contributed by atoms with E-state index in [0.717, 1.165) is 28.2 Å². The number of aryl methyl sites for hydroxylation is 2. The van der Waals surface area contributed by atoms with Gasteiger partial charge in [0.05, 0.1) is 11.3 Å². The standard InChI is InChI=1S/C27H26N4O2/c1-17-10-11-22(18(2)12-17)31-25(28-16-29-31)21-13-20-23(14-27(3,4)15-24(20)32)30(26(21)33)19-8-6-5-7-9-19/h5-13,16H,14-15H2,1-4H3. The van der Waals surface area contributed by atoms with Crippen LogP contribution in [0.3, 0.4) is 0 Å². The molecule has 33 heavy (non-hydrogen) atoms. The number of benzene rings is 2. The summed E-state index contributed by atoms with van der Waals surface area (Å²) in [6.45, 7) is 8.18. The topological polar surface area (TPSA) is 69.8 Å². The average molecular weight is 439 g/mol. The first-order chi connectivity index (χ1) is 15.7. The predicted octanol–water partition coefficient (Wildman–Crippen LogP) is 4.86. The third-order valence-corrected chi connectivity index (χ3v) is 6.27. The summed E-state index contributed by atoms with van der Waals surface area (Å²) in [6, 6.07) is 17.3. The fraction of sp³-hybridized carbons (Fsp3) is 0.259. The van der Waals surface area contributed by atoms with Gasteiger partial charge < -0.3 is 0 Å². The minimum atomic E-state index is -0.215. The van der Waals surface area contributed by atoms with Crippen LogP contribution in [0.25, 0.3) is 22.8 Å². The fourth-order valence-electron chi connectivity index (χ4n) is 4.77. The summed E-state index contributed by atoms with van der Waals surface area (Å²) >= 11 is 0. The summed E-state index contributed by atoms with van der Waals surface area (Å²) < 4.78 is 3.37. The molecule has 0 radical (unpaired) electrons. The van der Waals surface area contributed by atoms with Gasteiger partial charge in [-0.15, -0.1) is 0 Å². The summed E-state index contributed by atoms with van der Waals surface area (Å²) in [5, 5.41) is 4.42. The molecule has 6 nitrogen and oxygen atoms in total. The smallest absolute Gasteiger partial charge is 0.266 e. The first kappa shape index (κ1) is 21.1. The number of pyridine rings is 1. The molecular formula is C27H26N4O2. The highest BCUT2D eigenvalue weighted by Crippen LogP contribution is 2.36. The number of nitrogens with zero attached hydrogens (tertiary/aromatic N) is 4. The van der Waals surface area contributed by atoms with Crippen molar-refractivity contribution >= 4 is 5.78 Å². The first-order valence-electron chi connectivity index (χ1n) is 11.1. The van der Waals surface area contributed by atoms with E-state index in [1.54, 1.807) is 15.3 Å². The van der Waals surface area contributed by atoms with Crippen LogP contribution in [0.2, 0.25) is 0 Å². The predicted molar refractivity (Wildman–Crippen MR) is 128 cm³/mol. The van der Waals surface area contributed by atoms with Crippen molar-refractivity contribution in [3.8, 4) is 22.8 Å². The second-order valence-corrected chi connectivity index (χ2v) is 9.62. The second kappa shape index (κ2) is 7.66. The Balaban J connectivity index is 1.80. The van der Waals surface area contributed by atoms with Crippen LogP contribution in [0.4, 0.5) is 0 Å². The van der Waals surface area contributed by atoms with E-state index in [9.17, 15) is 9.59 Å². The molecule has 0 bridgehead atoms. The highest BCUT2D eigenvalue weighted by atomic mass is 16.1. The van der Waals surface area contributed by atoms with E-state index >= 15 is 0 Å². The lowest BCUT2D eigenvalue weighted by molar-refractivity contribution is 0.0909. The van der Waals surface area contributed by atoms with Gasteiger partial charge in [0.15, 0.2) is 11.6 Å². The Morgan fingerprint density at radius 2 is 1.67 bits per heavy atom. The van der Waals surface area contributed by atoms with Gasteiger partial charge in [-0.1, -0.05) is 49.7 Å². The van der Waals surface area contributed by atoms with Gasteiger partial charge in [-0.05, 0) is 55.5 Å². The molecule has 4 aromatic rings. The third kappa shape index (κ3) is 3.61. The Morgan fingerprint density at radius 1 is 0.909 bits per heavy atom. The molecule has 1 aliphatic carbocycles. The maximum Gasteiger partial charge on any atom is 0.266 e. The van der Waals surface area contributed by atoms with Gasteiger partial charge in [0.25, 0.3) is 5.56 Å². The molecule has 0 unspecified atom stereocenters. The molecule has 0 amide bonds. The van der Waals surface area contributed by atoms with Gasteiger partial charge in [0.1, 0.15) is 6.33 Å². The molecule has 2 aromatic heterocycles. The van der Waals surface area contributed by atoms with Crippen LogP contribution in [0.1, 0.15) is 47.4 Å². The lowest BCUT2D eigenvalue weighted by Crippen LogP contribution is -2.35. The van der Waals surface area contributed by atoms with Crippen molar-refractivity contribution in [1.82, 2.24) is 19.3 Å². The van der Waals surface area contributed by atoms with Crippen molar-refractivity contribution in [2.75, 3.05) is 0 Å². The zero-order valence-corrected chi connectivity index (χ0v) is 19.3. The van der Waals surface area contributed by atoms with Crippen molar-refractivity contribution < 1.29 is 4.79 Å². The Hall–Kier alpha value is -3.80. The Labute approximate surface area is 192 Å². The van der Waals surface area contributed by atoms with Crippen LogP contribution in [0.15, 0.2) is 65.7 Å². The lowest BCUT2D eigenvalue weighted by atomic mass is 9.75. The third-order valence-electron chi connectivity index (χ3n) is 6.27. The zero-order valence-electron chi connectivity index (χ0n) is 19.3. The van der Waals surface area contributed by atoms with E-state index in [1.807, 2.05) is 56.3 Å². The van der Waals surface area contributed by atoms with Gasteiger partial charge in [-0.3, -0.25) is 14.2 Å². The number of aromatic nitrogens is 4. The van der Waals surface area contributed by atoms with Crippen molar-refractivity contribution in [2.45, 2.75) is 40.5 Å². The molecule has 166 valence electrons. The maximum absolute atomic E-state index is 14.0. The van der Waals surface area contributed by atoms with Crippen LogP contribution >= 0.6 is 0 Å². The quantitative estimate of drug-likeness (QED) is 0.458. The summed E-state index contributed by atoms with van der Waals surface area (Å²) in [5.41, 5.74) is 5.05. The highest BCUT2D eigenvalue weighted by molar-refractivity contribution is 5.99. The molecular weight excluding hydrogens is 412 g/mol. The van der Waals surface area contributed by atoms with E-state index in [1.165, 1.54) is 6.33 Å². The van der Waals surface area contributed by atoms with E-state index < -0.39 is 0 Å². The van der Waals surface area contributed by atoms with Crippen LogP contribution in [-0.4, -0.2) is 25.1 Å². The second-order valence-electron chi connectivity index (χ2n) is 9.62. The molecule has 2 heterocycles. The largest absolute Gasteiger partial charge is 0.294 e. The summed E-state index contributed by atoms with van der Waals surface area (Å²) in [5.74, 6) is 0.474. The molecule has 0 saturated carbocycles. The highest BCUT2D eigenvalue weighted by Gasteiger charge is 2.35. The number of Topliss-reactive ketones (excluding diaryl/α,β-unsaturated/α-hetero) is 1. The van der Waals surface area contributed by atoms with E-state index in [0.29, 0.717) is 29.8 Å². The van der Waals surface area contributed by atoms with E-state index in [-0.39, 0.29) is 16.8 Å². The van der Waals surface area contributed by atoms with Crippen LogP contribution < -0.4 is 5.56 Å². The molecule has 2 aromatic carbocycles. The summed E-state index contributed by atoms with van der Waals surface area (Å²) in [7, 11) is 0. The molecule has 0 fully saturated rings. The van der Waals surface area contributed by atoms with Crippen molar-refractivity contribution in [3.05, 3.63) is 93.7 Å². The van der Waals surface area contributed by atoms with Crippen molar-refractivity contribution in [3.63, 3.8) is 0 Å². The van der Waals surface area contributed by atoms with Gasteiger partial charge in [0, 0.05) is 23.4 Å². The zero-order chi connectivity index (χ0) is 23.3. The number of ketones is 1. The normalized spacial score (nSPS) is 14.8. The van der Waals surface area contributed by atoms with Crippen LogP contribution in [-0.2, 0) is 6.42 Å². The number of hydrogen-bond donors (Lipinski definition) is 0. The number of fused-ring (bicyclic) bond motifs is 1. The molecule has 5 rings (SSSR count). The van der Waals surface area contributed by atoms with E-state index in [4.69, 9.17) is 0 Å². The SMILES string of the molecule is Cc1ccc(-n2ncnc2-c2cc3c(n(-c4ccccc4)c2=O)CC(C)(C)CC3=O)c(C)c1. The fourth-order valence-corrected chi connectivity index (χ4v) is 4.77. The number of hydrogen-bond acceptors (Lipinski definition) is 4. The van der Waals surface area contributed by atoms with Gasteiger partial charge in [-0.2, -0.15) is 5.10 Å². The number of para-hydroxylation sites is 1. The summed E-state index contributed by atoms with van der Waals surface area (Å²) in [6.07, 6.45) is 2.53. The molecule has 6 heteroatoms. The van der Waals surface area contributed by atoms with Crippen molar-refractivity contribution in [1.29, 1.82) is 0 Å². The summed E-state index contributed by atoms with van der Waals surface area (Å²) in [4.78, 5) is 31.6. The Kier molecular flexibility index (Phi) is 4.89. The lowest BCUT2D eigenvalue weighted by Gasteiger charge is -2.32. The molecule has 0 N–H and O–H groups in total. The van der Waals surface area contributed by atoms with Crippen LogP contribution in [0, 0.1) is 19.3 Å². The van der Waals surface area contributed by atoms with Crippen molar-refractivity contribution in [2.24, 2.45) is 5.41 Å². The number of carbonyl (C=O) groups excluding carboxylic acids is 1. The Morgan fingerprint density at radius 3 is 2.39 bits per heavy atom. The average Bonchev–Trinajstić information content (AvgIpc) is 3.22. The van der Waals surface area contributed by atoms with Crippen LogP contribution in [0.5, 0.6) is 0 Å².